The summed E-state index contributed by atoms with van der Waals surface area (Å²) in [4.78, 5) is 36.2. The molecule has 1 amide bonds. The Kier molecular flexibility index (Phi) is 6.93. The van der Waals surface area contributed by atoms with Crippen LogP contribution in [0.5, 0.6) is 0 Å². The van der Waals surface area contributed by atoms with Crippen molar-refractivity contribution in [3.05, 3.63) is 46.3 Å². The van der Waals surface area contributed by atoms with E-state index in [2.05, 4.69) is 20.6 Å². The molecule has 0 radical (unpaired) electrons. The number of carbonyl (C=O) groups is 2. The third-order valence-corrected chi connectivity index (χ3v) is 5.81. The van der Waals surface area contributed by atoms with Gasteiger partial charge in [0.1, 0.15) is 17.5 Å². The summed E-state index contributed by atoms with van der Waals surface area (Å²) in [6.07, 6.45) is 3.46. The van der Waals surface area contributed by atoms with Crippen molar-refractivity contribution in [2.75, 3.05) is 24.3 Å². The molecule has 166 valence electrons. The Balaban J connectivity index is 1.56. The zero-order chi connectivity index (χ0) is 22.7. The number of amides is 1. The Morgan fingerprint density at radius 3 is 2.06 bits per heavy atom. The summed E-state index contributed by atoms with van der Waals surface area (Å²) in [5.74, 6) is 1.48. The van der Waals surface area contributed by atoms with Gasteiger partial charge >= 0.3 is 0 Å². The SMILES string of the molecule is Cc1cc(C)c(C(=O)C(=O)NC2CCC(Nc3cc(N(C)C)nc(C)n3)CC2)c(C)c1. The molecule has 31 heavy (non-hydrogen) atoms. The van der Waals surface area contributed by atoms with Gasteiger partial charge in [0, 0.05) is 37.8 Å². The van der Waals surface area contributed by atoms with Gasteiger partial charge in [0.15, 0.2) is 0 Å². The monoisotopic (exact) mass is 423 g/mol. The summed E-state index contributed by atoms with van der Waals surface area (Å²) in [5.41, 5.74) is 3.31. The van der Waals surface area contributed by atoms with E-state index in [0.717, 1.165) is 59.8 Å². The minimum atomic E-state index is -0.506. The topological polar surface area (TPSA) is 87.2 Å². The molecule has 1 aliphatic rings. The number of ketones is 1. The van der Waals surface area contributed by atoms with E-state index >= 15 is 0 Å². The Morgan fingerprint density at radius 1 is 0.903 bits per heavy atom. The molecular weight excluding hydrogens is 390 g/mol. The molecule has 7 nitrogen and oxygen atoms in total. The zero-order valence-electron chi connectivity index (χ0n) is 19.4. The van der Waals surface area contributed by atoms with Crippen molar-refractivity contribution in [1.29, 1.82) is 0 Å². The summed E-state index contributed by atoms with van der Waals surface area (Å²) in [6, 6.07) is 6.15. The molecule has 3 rings (SSSR count). The van der Waals surface area contributed by atoms with Gasteiger partial charge in [-0.15, -0.1) is 0 Å². The molecule has 0 bridgehead atoms. The fraction of sp³-hybridized carbons (Fsp3) is 0.500. The molecule has 1 aromatic heterocycles. The van der Waals surface area contributed by atoms with Crippen LogP contribution in [0, 0.1) is 27.7 Å². The second kappa shape index (κ2) is 9.45. The number of Topliss-reactive ketones (excluding diaryl/α,β-unsaturated/α-hetero) is 1. The van der Waals surface area contributed by atoms with E-state index < -0.39 is 11.7 Å². The van der Waals surface area contributed by atoms with Gasteiger partial charge in [-0.2, -0.15) is 0 Å². The van der Waals surface area contributed by atoms with E-state index in [-0.39, 0.29) is 12.1 Å². The van der Waals surface area contributed by atoms with Gasteiger partial charge in [0.05, 0.1) is 0 Å². The third kappa shape index (κ3) is 5.60. The minimum Gasteiger partial charge on any atom is -0.367 e. The average molecular weight is 424 g/mol. The molecule has 0 unspecified atom stereocenters. The molecule has 0 atom stereocenters. The lowest BCUT2D eigenvalue weighted by Crippen LogP contribution is -2.43. The van der Waals surface area contributed by atoms with Crippen LogP contribution in [0.1, 0.15) is 58.6 Å². The van der Waals surface area contributed by atoms with E-state index in [4.69, 9.17) is 0 Å². The Bertz CT molecular complexity index is 955. The summed E-state index contributed by atoms with van der Waals surface area (Å²) < 4.78 is 0. The van der Waals surface area contributed by atoms with Crippen molar-refractivity contribution in [3.63, 3.8) is 0 Å². The highest BCUT2D eigenvalue weighted by Gasteiger charge is 2.27. The molecule has 1 aliphatic carbocycles. The first-order valence-electron chi connectivity index (χ1n) is 10.9. The highest BCUT2D eigenvalue weighted by molar-refractivity contribution is 6.43. The van der Waals surface area contributed by atoms with Crippen molar-refractivity contribution in [2.24, 2.45) is 0 Å². The highest BCUT2D eigenvalue weighted by atomic mass is 16.2. The van der Waals surface area contributed by atoms with Crippen LogP contribution in [-0.2, 0) is 4.79 Å². The minimum absolute atomic E-state index is 0.0185. The van der Waals surface area contributed by atoms with Crippen molar-refractivity contribution < 1.29 is 9.59 Å². The number of hydrogen-bond acceptors (Lipinski definition) is 6. The molecule has 1 saturated carbocycles. The highest BCUT2D eigenvalue weighted by Crippen LogP contribution is 2.24. The Labute approximate surface area is 184 Å². The quantitative estimate of drug-likeness (QED) is 0.546. The predicted molar refractivity (Wildman–Crippen MR) is 124 cm³/mol. The molecule has 0 spiro atoms. The summed E-state index contributed by atoms with van der Waals surface area (Å²) >= 11 is 0. The van der Waals surface area contributed by atoms with Crippen LogP contribution in [0.25, 0.3) is 0 Å². The normalized spacial score (nSPS) is 18.4. The molecule has 1 heterocycles. The van der Waals surface area contributed by atoms with Crippen LogP contribution in [0.2, 0.25) is 0 Å². The van der Waals surface area contributed by atoms with Crippen LogP contribution in [0.4, 0.5) is 11.6 Å². The van der Waals surface area contributed by atoms with Gasteiger partial charge in [-0.25, -0.2) is 9.97 Å². The number of rotatable bonds is 6. The first kappa shape index (κ1) is 22.7. The average Bonchev–Trinajstić information content (AvgIpc) is 2.68. The number of nitrogens with zero attached hydrogens (tertiary/aromatic N) is 3. The smallest absolute Gasteiger partial charge is 0.292 e. The molecule has 0 saturated heterocycles. The predicted octanol–water partition coefficient (Wildman–Crippen LogP) is 3.50. The molecule has 2 aromatic rings. The maximum Gasteiger partial charge on any atom is 0.292 e. The molecule has 1 fully saturated rings. The third-order valence-electron chi connectivity index (χ3n) is 5.81. The summed E-state index contributed by atoms with van der Waals surface area (Å²) in [5, 5.41) is 6.46. The lowest BCUT2D eigenvalue weighted by atomic mass is 9.90. The number of aryl methyl sites for hydroxylation is 4. The van der Waals surface area contributed by atoms with E-state index in [1.54, 1.807) is 0 Å². The summed E-state index contributed by atoms with van der Waals surface area (Å²) in [6.45, 7) is 7.64. The van der Waals surface area contributed by atoms with Gasteiger partial charge in [-0.3, -0.25) is 9.59 Å². The van der Waals surface area contributed by atoms with Gasteiger partial charge in [-0.05, 0) is 64.5 Å². The number of carbonyl (C=O) groups excluding carboxylic acids is 2. The lowest BCUT2D eigenvalue weighted by molar-refractivity contribution is -0.117. The number of benzene rings is 1. The van der Waals surface area contributed by atoms with Crippen LogP contribution in [-0.4, -0.2) is 47.8 Å². The molecule has 0 aliphatic heterocycles. The molecular formula is C24H33N5O2. The second-order valence-corrected chi connectivity index (χ2v) is 8.82. The Hall–Kier alpha value is -2.96. The number of anilines is 2. The van der Waals surface area contributed by atoms with Gasteiger partial charge in [0.2, 0.25) is 0 Å². The maximum atomic E-state index is 12.8. The number of nitrogens with one attached hydrogen (secondary N) is 2. The maximum absolute atomic E-state index is 12.8. The lowest BCUT2D eigenvalue weighted by Gasteiger charge is -2.30. The van der Waals surface area contributed by atoms with Gasteiger partial charge in [0.25, 0.3) is 11.7 Å². The zero-order valence-corrected chi connectivity index (χ0v) is 19.4. The number of hydrogen-bond donors (Lipinski definition) is 2. The Morgan fingerprint density at radius 2 is 1.48 bits per heavy atom. The first-order chi connectivity index (χ1) is 14.6. The second-order valence-electron chi connectivity index (χ2n) is 8.82. The fourth-order valence-corrected chi connectivity index (χ4v) is 4.35. The standard InChI is InChI=1S/C24H33N5O2/c1-14-11-15(2)22(16(3)12-14)23(30)24(31)28-19-9-7-18(8-10-19)27-20-13-21(29(5)6)26-17(4)25-20/h11-13,18-19H,7-10H2,1-6H3,(H,28,31)(H,25,26,27). The van der Waals surface area contributed by atoms with Crippen LogP contribution in [0.3, 0.4) is 0 Å². The molecule has 1 aromatic carbocycles. The van der Waals surface area contributed by atoms with E-state index in [0.29, 0.717) is 5.56 Å². The summed E-state index contributed by atoms with van der Waals surface area (Å²) in [7, 11) is 3.92. The van der Waals surface area contributed by atoms with Crippen molar-refractivity contribution in [3.8, 4) is 0 Å². The van der Waals surface area contributed by atoms with Crippen LogP contribution >= 0.6 is 0 Å². The van der Waals surface area contributed by atoms with E-state index in [1.807, 2.05) is 64.9 Å². The van der Waals surface area contributed by atoms with Crippen LogP contribution < -0.4 is 15.5 Å². The first-order valence-corrected chi connectivity index (χ1v) is 10.9. The molecule has 7 heteroatoms. The van der Waals surface area contributed by atoms with Gasteiger partial charge < -0.3 is 15.5 Å². The number of aromatic nitrogens is 2. The largest absolute Gasteiger partial charge is 0.367 e. The van der Waals surface area contributed by atoms with E-state index in [1.165, 1.54) is 0 Å². The van der Waals surface area contributed by atoms with Gasteiger partial charge in [-0.1, -0.05) is 17.7 Å². The van der Waals surface area contributed by atoms with Crippen molar-refractivity contribution >= 4 is 23.3 Å². The fourth-order valence-electron chi connectivity index (χ4n) is 4.35. The molecule has 2 N–H and O–H groups in total. The van der Waals surface area contributed by atoms with Crippen molar-refractivity contribution in [2.45, 2.75) is 65.5 Å². The van der Waals surface area contributed by atoms with Crippen molar-refractivity contribution in [1.82, 2.24) is 15.3 Å². The van der Waals surface area contributed by atoms with E-state index in [9.17, 15) is 9.59 Å². The van der Waals surface area contributed by atoms with Crippen LogP contribution in [0.15, 0.2) is 18.2 Å².